The van der Waals surface area contributed by atoms with E-state index in [0.717, 1.165) is 22.8 Å². The van der Waals surface area contributed by atoms with E-state index in [0.29, 0.717) is 6.54 Å². The molecule has 0 atom stereocenters. The second-order valence-electron chi connectivity index (χ2n) is 4.05. The Balaban J connectivity index is 2.28. The minimum atomic E-state index is 0.425. The van der Waals surface area contributed by atoms with Crippen molar-refractivity contribution in [1.82, 2.24) is 4.98 Å². The summed E-state index contributed by atoms with van der Waals surface area (Å²) in [6, 6.07) is 9.84. The van der Waals surface area contributed by atoms with E-state index in [9.17, 15) is 0 Å². The van der Waals surface area contributed by atoms with Crippen molar-refractivity contribution in [3.05, 3.63) is 53.3 Å². The van der Waals surface area contributed by atoms with Crippen LogP contribution in [0.2, 0.25) is 0 Å². The summed E-state index contributed by atoms with van der Waals surface area (Å²) >= 11 is 0. The molecule has 2 aromatic rings. The van der Waals surface area contributed by atoms with Crippen LogP contribution in [-0.2, 0) is 6.54 Å². The van der Waals surface area contributed by atoms with Crippen LogP contribution in [-0.4, -0.2) is 4.98 Å². The molecule has 3 nitrogen and oxygen atoms in total. The maximum atomic E-state index is 5.82. The Morgan fingerprint density at radius 1 is 1.18 bits per heavy atom. The average molecular weight is 228 g/mol. The molecular weight excluding hydrogens is 212 g/mol. The summed E-state index contributed by atoms with van der Waals surface area (Å²) in [5.74, 6) is 1.60. The molecule has 0 aliphatic carbocycles. The fraction of sp³-hybridized carbons (Fsp3) is 0.214. The third kappa shape index (κ3) is 2.82. The van der Waals surface area contributed by atoms with Crippen molar-refractivity contribution < 1.29 is 4.74 Å². The lowest BCUT2D eigenvalue weighted by atomic mass is 10.2. The molecule has 0 amide bonds. The molecule has 3 heteroatoms. The molecule has 0 unspecified atom stereocenters. The number of pyridine rings is 1. The number of hydrogen-bond donors (Lipinski definition) is 1. The number of rotatable bonds is 3. The van der Waals surface area contributed by atoms with Crippen molar-refractivity contribution in [3.8, 4) is 11.5 Å². The Morgan fingerprint density at radius 3 is 2.53 bits per heavy atom. The lowest BCUT2D eigenvalue weighted by Crippen LogP contribution is -2.01. The van der Waals surface area contributed by atoms with Crippen LogP contribution in [0.25, 0.3) is 0 Å². The average Bonchev–Trinajstić information content (AvgIpc) is 2.32. The third-order valence-corrected chi connectivity index (χ3v) is 2.55. The lowest BCUT2D eigenvalue weighted by Gasteiger charge is -2.10. The van der Waals surface area contributed by atoms with Gasteiger partial charge in [0.25, 0.3) is 0 Å². The number of hydrogen-bond acceptors (Lipinski definition) is 3. The zero-order valence-corrected chi connectivity index (χ0v) is 10.1. The molecular formula is C14H16N2O. The molecule has 0 saturated carbocycles. The van der Waals surface area contributed by atoms with Crippen LogP contribution < -0.4 is 10.5 Å². The van der Waals surface area contributed by atoms with Crippen LogP contribution in [0, 0.1) is 13.8 Å². The summed E-state index contributed by atoms with van der Waals surface area (Å²) in [6.45, 7) is 4.41. The van der Waals surface area contributed by atoms with Gasteiger partial charge in [-0.05, 0) is 26.0 Å². The third-order valence-electron chi connectivity index (χ3n) is 2.55. The first-order valence-corrected chi connectivity index (χ1v) is 5.59. The van der Waals surface area contributed by atoms with E-state index in [1.165, 1.54) is 5.56 Å². The van der Waals surface area contributed by atoms with Gasteiger partial charge in [0, 0.05) is 30.1 Å². The first-order valence-electron chi connectivity index (χ1n) is 5.59. The number of benzene rings is 1. The SMILES string of the molecule is Cc1ccc(Oc2cc(C)ncc2CN)cc1. The Labute approximate surface area is 101 Å². The molecule has 2 N–H and O–H groups in total. The second-order valence-corrected chi connectivity index (χ2v) is 4.05. The number of ether oxygens (including phenoxy) is 1. The number of aryl methyl sites for hydroxylation is 2. The zero-order valence-electron chi connectivity index (χ0n) is 10.1. The smallest absolute Gasteiger partial charge is 0.135 e. The van der Waals surface area contributed by atoms with Crippen LogP contribution >= 0.6 is 0 Å². The number of nitrogens with zero attached hydrogens (tertiary/aromatic N) is 1. The summed E-state index contributed by atoms with van der Waals surface area (Å²) < 4.78 is 5.82. The molecule has 0 spiro atoms. The van der Waals surface area contributed by atoms with E-state index in [4.69, 9.17) is 10.5 Å². The quantitative estimate of drug-likeness (QED) is 0.878. The van der Waals surface area contributed by atoms with Crippen LogP contribution in [0.15, 0.2) is 36.5 Å². The Bertz CT molecular complexity index is 506. The van der Waals surface area contributed by atoms with Crippen molar-refractivity contribution in [3.63, 3.8) is 0 Å². The second kappa shape index (κ2) is 4.97. The summed E-state index contributed by atoms with van der Waals surface area (Å²) in [4.78, 5) is 4.21. The van der Waals surface area contributed by atoms with E-state index < -0.39 is 0 Å². The lowest BCUT2D eigenvalue weighted by molar-refractivity contribution is 0.474. The highest BCUT2D eigenvalue weighted by atomic mass is 16.5. The van der Waals surface area contributed by atoms with Crippen molar-refractivity contribution >= 4 is 0 Å². The molecule has 0 saturated heterocycles. The van der Waals surface area contributed by atoms with Gasteiger partial charge in [-0.1, -0.05) is 17.7 Å². The van der Waals surface area contributed by atoms with Gasteiger partial charge in [-0.15, -0.1) is 0 Å². The van der Waals surface area contributed by atoms with Gasteiger partial charge in [-0.3, -0.25) is 4.98 Å². The van der Waals surface area contributed by atoms with E-state index in [1.54, 1.807) is 6.20 Å². The molecule has 0 fully saturated rings. The van der Waals surface area contributed by atoms with Crippen molar-refractivity contribution in [2.75, 3.05) is 0 Å². The highest BCUT2D eigenvalue weighted by Crippen LogP contribution is 2.25. The normalized spacial score (nSPS) is 10.3. The summed E-state index contributed by atoms with van der Waals surface area (Å²) in [6.07, 6.45) is 1.76. The van der Waals surface area contributed by atoms with E-state index in [-0.39, 0.29) is 0 Å². The van der Waals surface area contributed by atoms with Gasteiger partial charge in [-0.2, -0.15) is 0 Å². The van der Waals surface area contributed by atoms with E-state index in [2.05, 4.69) is 4.98 Å². The highest BCUT2D eigenvalue weighted by molar-refractivity contribution is 5.38. The van der Waals surface area contributed by atoms with Gasteiger partial charge in [0.05, 0.1) is 0 Å². The van der Waals surface area contributed by atoms with Gasteiger partial charge in [-0.25, -0.2) is 0 Å². The maximum absolute atomic E-state index is 5.82. The first-order chi connectivity index (χ1) is 8.19. The molecule has 1 heterocycles. The van der Waals surface area contributed by atoms with Crippen LogP contribution in [0.1, 0.15) is 16.8 Å². The fourth-order valence-electron chi connectivity index (χ4n) is 1.54. The molecule has 0 bridgehead atoms. The van der Waals surface area contributed by atoms with E-state index >= 15 is 0 Å². The largest absolute Gasteiger partial charge is 0.457 e. The van der Waals surface area contributed by atoms with E-state index in [1.807, 2.05) is 44.2 Å². The molecule has 17 heavy (non-hydrogen) atoms. The Hall–Kier alpha value is -1.87. The highest BCUT2D eigenvalue weighted by Gasteiger charge is 2.04. The van der Waals surface area contributed by atoms with Gasteiger partial charge >= 0.3 is 0 Å². The standard InChI is InChI=1S/C14H16N2O/c1-10-3-5-13(6-4-10)17-14-7-11(2)16-9-12(14)8-15/h3-7,9H,8,15H2,1-2H3. The zero-order chi connectivity index (χ0) is 12.3. The van der Waals surface area contributed by atoms with Gasteiger partial charge in [0.15, 0.2) is 0 Å². The summed E-state index contributed by atoms with van der Waals surface area (Å²) in [7, 11) is 0. The van der Waals surface area contributed by atoms with Crippen LogP contribution in [0.3, 0.4) is 0 Å². The predicted octanol–water partition coefficient (Wildman–Crippen LogP) is 2.95. The summed E-state index contributed by atoms with van der Waals surface area (Å²) in [5, 5.41) is 0. The monoisotopic (exact) mass is 228 g/mol. The van der Waals surface area contributed by atoms with Crippen LogP contribution in [0.5, 0.6) is 11.5 Å². The molecule has 0 aliphatic heterocycles. The minimum absolute atomic E-state index is 0.425. The first kappa shape index (κ1) is 11.6. The molecule has 0 radical (unpaired) electrons. The molecule has 2 rings (SSSR count). The van der Waals surface area contributed by atoms with Crippen molar-refractivity contribution in [1.29, 1.82) is 0 Å². The molecule has 1 aromatic carbocycles. The topological polar surface area (TPSA) is 48.1 Å². The van der Waals surface area contributed by atoms with Crippen LogP contribution in [0.4, 0.5) is 0 Å². The summed E-state index contributed by atoms with van der Waals surface area (Å²) in [5.41, 5.74) is 8.70. The van der Waals surface area contributed by atoms with Gasteiger partial charge in [0.1, 0.15) is 11.5 Å². The Kier molecular flexibility index (Phi) is 3.40. The molecule has 1 aromatic heterocycles. The molecule has 88 valence electrons. The predicted molar refractivity (Wildman–Crippen MR) is 68.1 cm³/mol. The fourth-order valence-corrected chi connectivity index (χ4v) is 1.54. The number of aromatic nitrogens is 1. The van der Waals surface area contributed by atoms with Crippen molar-refractivity contribution in [2.45, 2.75) is 20.4 Å². The van der Waals surface area contributed by atoms with Gasteiger partial charge < -0.3 is 10.5 Å². The van der Waals surface area contributed by atoms with Gasteiger partial charge in [0.2, 0.25) is 0 Å². The minimum Gasteiger partial charge on any atom is -0.457 e. The molecule has 0 aliphatic rings. The van der Waals surface area contributed by atoms with Crippen molar-refractivity contribution in [2.24, 2.45) is 5.73 Å². The maximum Gasteiger partial charge on any atom is 0.135 e. The Morgan fingerprint density at radius 2 is 1.88 bits per heavy atom. The number of nitrogens with two attached hydrogens (primary N) is 1.